The van der Waals surface area contributed by atoms with Crippen LogP contribution in [0.1, 0.15) is 23.9 Å². The highest BCUT2D eigenvalue weighted by Gasteiger charge is 2.20. The predicted octanol–water partition coefficient (Wildman–Crippen LogP) is 2.30. The van der Waals surface area contributed by atoms with Gasteiger partial charge in [-0.25, -0.2) is 0 Å². The van der Waals surface area contributed by atoms with Crippen LogP contribution in [0.25, 0.3) is 0 Å². The summed E-state index contributed by atoms with van der Waals surface area (Å²) in [5.41, 5.74) is 3.07. The lowest BCUT2D eigenvalue weighted by atomic mass is 10.1. The van der Waals surface area contributed by atoms with Crippen LogP contribution in [0.15, 0.2) is 34.9 Å². The fourth-order valence-electron chi connectivity index (χ4n) is 3.17. The second-order valence-electron chi connectivity index (χ2n) is 6.54. The van der Waals surface area contributed by atoms with E-state index in [-0.39, 0.29) is 5.91 Å². The van der Waals surface area contributed by atoms with E-state index in [1.54, 1.807) is 0 Å². The molecular formula is C19H26N4O2. The number of carbonyl (C=O) groups is 1. The second-order valence-corrected chi connectivity index (χ2v) is 6.54. The maximum absolute atomic E-state index is 12.3. The minimum atomic E-state index is 0.0569. The van der Waals surface area contributed by atoms with Crippen LogP contribution >= 0.6 is 0 Å². The van der Waals surface area contributed by atoms with Gasteiger partial charge in [-0.3, -0.25) is 14.6 Å². The van der Waals surface area contributed by atoms with E-state index in [0.29, 0.717) is 6.54 Å². The third kappa shape index (κ3) is 4.90. The summed E-state index contributed by atoms with van der Waals surface area (Å²) in [5, 5.41) is 7.09. The Morgan fingerprint density at radius 1 is 1.20 bits per heavy atom. The average molecular weight is 342 g/mol. The minimum absolute atomic E-state index is 0.0569. The van der Waals surface area contributed by atoms with Gasteiger partial charge in [0.1, 0.15) is 5.76 Å². The van der Waals surface area contributed by atoms with Gasteiger partial charge in [0.05, 0.1) is 12.2 Å². The summed E-state index contributed by atoms with van der Waals surface area (Å²) in [5.74, 6) is 0.902. The lowest BCUT2D eigenvalue weighted by Gasteiger charge is -2.33. The third-order valence-electron chi connectivity index (χ3n) is 4.57. The van der Waals surface area contributed by atoms with E-state index in [2.05, 4.69) is 33.3 Å². The smallest absolute Gasteiger partial charge is 0.238 e. The molecule has 1 fully saturated rings. The first-order valence-corrected chi connectivity index (χ1v) is 8.88. The Labute approximate surface area is 148 Å². The SMILES string of the molecule is CCc1ccccc1NC(=O)CN1CCN(Cc2cc(C)on2)CC1. The molecular weight excluding hydrogens is 316 g/mol. The Kier molecular flexibility index (Phi) is 5.83. The van der Waals surface area contributed by atoms with Crippen LogP contribution in [-0.4, -0.2) is 53.6 Å². The number of aromatic nitrogens is 1. The van der Waals surface area contributed by atoms with Crippen LogP contribution in [-0.2, 0) is 17.8 Å². The zero-order chi connectivity index (χ0) is 17.6. The summed E-state index contributed by atoms with van der Waals surface area (Å²) in [4.78, 5) is 16.9. The van der Waals surface area contributed by atoms with Crippen molar-refractivity contribution in [3.8, 4) is 0 Å². The molecule has 25 heavy (non-hydrogen) atoms. The molecule has 0 aliphatic carbocycles. The maximum Gasteiger partial charge on any atom is 0.238 e. The summed E-state index contributed by atoms with van der Waals surface area (Å²) in [6, 6.07) is 9.96. The Balaban J connectivity index is 1.44. The molecule has 1 amide bonds. The maximum atomic E-state index is 12.3. The molecule has 1 aliphatic rings. The second kappa shape index (κ2) is 8.27. The molecule has 6 nitrogen and oxygen atoms in total. The van der Waals surface area contributed by atoms with Crippen LogP contribution in [0.4, 0.5) is 5.69 Å². The van der Waals surface area contributed by atoms with Crippen molar-refractivity contribution in [1.29, 1.82) is 0 Å². The molecule has 6 heteroatoms. The molecule has 2 heterocycles. The number of hydrogen-bond acceptors (Lipinski definition) is 5. The largest absolute Gasteiger partial charge is 0.361 e. The first kappa shape index (κ1) is 17.6. The summed E-state index contributed by atoms with van der Waals surface area (Å²) in [7, 11) is 0. The monoisotopic (exact) mass is 342 g/mol. The predicted molar refractivity (Wildman–Crippen MR) is 97.4 cm³/mol. The fourth-order valence-corrected chi connectivity index (χ4v) is 3.17. The van der Waals surface area contributed by atoms with Crippen LogP contribution < -0.4 is 5.32 Å². The van der Waals surface area contributed by atoms with Crippen LogP contribution in [0.5, 0.6) is 0 Å². The van der Waals surface area contributed by atoms with E-state index < -0.39 is 0 Å². The van der Waals surface area contributed by atoms with Crippen molar-refractivity contribution < 1.29 is 9.32 Å². The van der Waals surface area contributed by atoms with Crippen molar-refractivity contribution in [2.45, 2.75) is 26.8 Å². The molecule has 0 unspecified atom stereocenters. The van der Waals surface area contributed by atoms with Gasteiger partial charge >= 0.3 is 0 Å². The first-order chi connectivity index (χ1) is 12.1. The molecule has 1 saturated heterocycles. The number of nitrogens with zero attached hydrogens (tertiary/aromatic N) is 3. The molecule has 3 rings (SSSR count). The lowest BCUT2D eigenvalue weighted by Crippen LogP contribution is -2.48. The number of anilines is 1. The number of amides is 1. The summed E-state index contributed by atoms with van der Waals surface area (Å²) < 4.78 is 5.12. The number of hydrogen-bond donors (Lipinski definition) is 1. The Hall–Kier alpha value is -2.18. The normalized spacial score (nSPS) is 16.1. The van der Waals surface area contributed by atoms with Gasteiger partial charge in [-0.1, -0.05) is 30.3 Å². The molecule has 0 bridgehead atoms. The summed E-state index contributed by atoms with van der Waals surface area (Å²) >= 11 is 0. The van der Waals surface area contributed by atoms with Gasteiger partial charge < -0.3 is 9.84 Å². The Bertz CT molecular complexity index is 705. The van der Waals surface area contributed by atoms with Gasteiger partial charge in [-0.05, 0) is 25.0 Å². The topological polar surface area (TPSA) is 61.6 Å². The fraction of sp³-hybridized carbons (Fsp3) is 0.474. The highest BCUT2D eigenvalue weighted by Crippen LogP contribution is 2.15. The zero-order valence-electron chi connectivity index (χ0n) is 15.0. The van der Waals surface area contributed by atoms with Crippen LogP contribution in [0.3, 0.4) is 0 Å². The highest BCUT2D eigenvalue weighted by atomic mass is 16.5. The van der Waals surface area contributed by atoms with Gasteiger partial charge in [0.15, 0.2) is 0 Å². The van der Waals surface area contributed by atoms with Gasteiger partial charge in [0.2, 0.25) is 5.91 Å². The van der Waals surface area contributed by atoms with E-state index in [4.69, 9.17) is 4.52 Å². The number of benzene rings is 1. The van der Waals surface area contributed by atoms with Crippen LogP contribution in [0, 0.1) is 6.92 Å². The minimum Gasteiger partial charge on any atom is -0.361 e. The number of piperazine rings is 1. The van der Waals surface area contributed by atoms with E-state index in [0.717, 1.165) is 56.3 Å². The van der Waals surface area contributed by atoms with E-state index >= 15 is 0 Å². The molecule has 1 aromatic carbocycles. The molecule has 0 saturated carbocycles. The van der Waals surface area contributed by atoms with Gasteiger partial charge in [0, 0.05) is 44.5 Å². The van der Waals surface area contributed by atoms with Crippen molar-refractivity contribution in [1.82, 2.24) is 15.0 Å². The van der Waals surface area contributed by atoms with Crippen molar-refractivity contribution in [3.05, 3.63) is 47.3 Å². The lowest BCUT2D eigenvalue weighted by molar-refractivity contribution is -0.117. The van der Waals surface area contributed by atoms with Gasteiger partial charge in [-0.2, -0.15) is 0 Å². The number of nitrogens with one attached hydrogen (secondary N) is 1. The van der Waals surface area contributed by atoms with Crippen LogP contribution in [0.2, 0.25) is 0 Å². The Morgan fingerprint density at radius 3 is 2.60 bits per heavy atom. The molecule has 1 aromatic heterocycles. The van der Waals surface area contributed by atoms with Crippen molar-refractivity contribution >= 4 is 11.6 Å². The number of para-hydroxylation sites is 1. The molecule has 0 spiro atoms. The molecule has 2 aromatic rings. The van der Waals surface area contributed by atoms with Crippen molar-refractivity contribution in [2.24, 2.45) is 0 Å². The van der Waals surface area contributed by atoms with E-state index in [1.165, 1.54) is 5.56 Å². The molecule has 134 valence electrons. The number of aryl methyl sites for hydroxylation is 2. The van der Waals surface area contributed by atoms with Gasteiger partial charge in [0.25, 0.3) is 0 Å². The first-order valence-electron chi connectivity index (χ1n) is 8.88. The number of carbonyl (C=O) groups excluding carboxylic acids is 1. The molecule has 0 atom stereocenters. The Morgan fingerprint density at radius 2 is 1.92 bits per heavy atom. The third-order valence-corrected chi connectivity index (χ3v) is 4.57. The quantitative estimate of drug-likeness (QED) is 0.873. The molecule has 1 N–H and O–H groups in total. The van der Waals surface area contributed by atoms with E-state index in [9.17, 15) is 4.79 Å². The molecule has 0 radical (unpaired) electrons. The van der Waals surface area contributed by atoms with E-state index in [1.807, 2.05) is 31.2 Å². The molecule has 1 aliphatic heterocycles. The average Bonchev–Trinajstić information content (AvgIpc) is 3.02. The summed E-state index contributed by atoms with van der Waals surface area (Å²) in [6.07, 6.45) is 0.913. The summed E-state index contributed by atoms with van der Waals surface area (Å²) in [6.45, 7) is 8.90. The van der Waals surface area contributed by atoms with Crippen molar-refractivity contribution in [3.63, 3.8) is 0 Å². The van der Waals surface area contributed by atoms with Crippen molar-refractivity contribution in [2.75, 3.05) is 38.0 Å². The standard InChI is InChI=1S/C19H26N4O2/c1-3-16-6-4-5-7-18(16)20-19(24)14-23-10-8-22(9-11-23)13-17-12-15(2)25-21-17/h4-7,12H,3,8-11,13-14H2,1-2H3,(H,20,24). The van der Waals surface area contributed by atoms with Gasteiger partial charge in [-0.15, -0.1) is 0 Å². The highest BCUT2D eigenvalue weighted by molar-refractivity contribution is 5.93. The zero-order valence-corrected chi connectivity index (χ0v) is 15.0. The number of rotatable bonds is 6.